The number of aromatic nitrogens is 2. The predicted molar refractivity (Wildman–Crippen MR) is 103 cm³/mol. The van der Waals surface area contributed by atoms with E-state index < -0.39 is 5.92 Å². The van der Waals surface area contributed by atoms with Crippen LogP contribution in [-0.4, -0.2) is 33.4 Å². The number of benzene rings is 2. The number of nitrogens with one attached hydrogen (secondary N) is 1. The Hall–Kier alpha value is -3.48. The topological polar surface area (TPSA) is 88.3 Å². The van der Waals surface area contributed by atoms with Crippen LogP contribution >= 0.6 is 0 Å². The average molecular weight is 376 g/mol. The van der Waals surface area contributed by atoms with E-state index in [1.165, 1.54) is 0 Å². The molecule has 7 heteroatoms. The fourth-order valence-corrected chi connectivity index (χ4v) is 3.32. The van der Waals surface area contributed by atoms with Crippen LogP contribution in [-0.2, 0) is 16.1 Å². The average Bonchev–Trinajstić information content (AvgIpc) is 3.29. The molecule has 1 aliphatic heterocycles. The van der Waals surface area contributed by atoms with Crippen LogP contribution in [0, 0.1) is 12.8 Å². The van der Waals surface area contributed by atoms with Gasteiger partial charge < -0.3 is 14.7 Å². The third kappa shape index (κ3) is 3.78. The van der Waals surface area contributed by atoms with Crippen molar-refractivity contribution in [2.75, 3.05) is 11.9 Å². The first-order valence-electron chi connectivity index (χ1n) is 9.12. The largest absolute Gasteiger partial charge is 0.338 e. The summed E-state index contributed by atoms with van der Waals surface area (Å²) in [5, 5.41) is 6.72. The molecule has 142 valence electrons. The number of para-hydroxylation sites is 1. The highest BCUT2D eigenvalue weighted by Gasteiger charge is 2.34. The lowest BCUT2D eigenvalue weighted by Gasteiger charge is -2.17. The van der Waals surface area contributed by atoms with Crippen molar-refractivity contribution >= 4 is 17.5 Å². The molecule has 28 heavy (non-hydrogen) atoms. The summed E-state index contributed by atoms with van der Waals surface area (Å²) in [7, 11) is 0. The van der Waals surface area contributed by atoms with Gasteiger partial charge in [0.2, 0.25) is 11.8 Å². The van der Waals surface area contributed by atoms with E-state index in [9.17, 15) is 9.59 Å². The number of aryl methyl sites for hydroxylation is 1. The van der Waals surface area contributed by atoms with Crippen LogP contribution < -0.4 is 5.32 Å². The van der Waals surface area contributed by atoms with Gasteiger partial charge in [0.1, 0.15) is 0 Å². The fraction of sp³-hybridized carbons (Fsp3) is 0.238. The van der Waals surface area contributed by atoms with E-state index >= 15 is 0 Å². The minimum Gasteiger partial charge on any atom is -0.338 e. The molecule has 4 rings (SSSR count). The summed E-state index contributed by atoms with van der Waals surface area (Å²) < 4.78 is 5.22. The van der Waals surface area contributed by atoms with Crippen molar-refractivity contribution < 1.29 is 14.1 Å². The maximum Gasteiger partial charge on any atom is 0.260 e. The summed E-state index contributed by atoms with van der Waals surface area (Å²) in [5.41, 5.74) is 2.29. The molecule has 2 amide bonds. The van der Waals surface area contributed by atoms with Crippen molar-refractivity contribution in [2.24, 2.45) is 5.92 Å². The van der Waals surface area contributed by atoms with Crippen LogP contribution in [0.1, 0.15) is 17.8 Å². The zero-order valence-electron chi connectivity index (χ0n) is 15.5. The van der Waals surface area contributed by atoms with Gasteiger partial charge in [0.25, 0.3) is 5.89 Å². The first-order chi connectivity index (χ1) is 13.6. The van der Waals surface area contributed by atoms with Crippen molar-refractivity contribution in [1.82, 2.24) is 15.0 Å². The maximum absolute atomic E-state index is 12.8. The van der Waals surface area contributed by atoms with Crippen LogP contribution in [0.5, 0.6) is 0 Å². The standard InChI is InChI=1S/C21H20N4O3/c1-14-22-21(28-24-14)17-9-5-6-10-18(17)23-20(27)16-11-19(26)25(13-16)12-15-7-3-2-4-8-15/h2-10,16H,11-13H2,1H3,(H,23,27). The van der Waals surface area contributed by atoms with Crippen molar-refractivity contribution in [3.8, 4) is 11.5 Å². The lowest BCUT2D eigenvalue weighted by Crippen LogP contribution is -2.28. The molecule has 0 bridgehead atoms. The Bertz CT molecular complexity index is 1000. The first kappa shape index (κ1) is 17.9. The number of amides is 2. The van der Waals surface area contributed by atoms with E-state index in [1.54, 1.807) is 17.9 Å². The zero-order valence-corrected chi connectivity index (χ0v) is 15.5. The molecule has 1 atom stereocenters. The highest BCUT2D eigenvalue weighted by Crippen LogP contribution is 2.28. The van der Waals surface area contributed by atoms with Crippen LogP contribution in [0.4, 0.5) is 5.69 Å². The Kier molecular flexibility index (Phi) is 4.89. The first-order valence-corrected chi connectivity index (χ1v) is 9.12. The normalized spacial score (nSPS) is 16.4. The SMILES string of the molecule is Cc1noc(-c2ccccc2NC(=O)C2CC(=O)N(Cc3ccccc3)C2)n1. The van der Waals surface area contributed by atoms with Gasteiger partial charge in [0.15, 0.2) is 5.82 Å². The molecule has 3 aromatic rings. The molecule has 1 N–H and O–H groups in total. The highest BCUT2D eigenvalue weighted by molar-refractivity contribution is 5.99. The molecule has 7 nitrogen and oxygen atoms in total. The third-order valence-corrected chi connectivity index (χ3v) is 4.74. The van der Waals surface area contributed by atoms with Gasteiger partial charge in [-0.1, -0.05) is 47.6 Å². The number of nitrogens with zero attached hydrogens (tertiary/aromatic N) is 3. The number of likely N-dealkylation sites (tertiary alicyclic amines) is 1. The van der Waals surface area contributed by atoms with Crippen LogP contribution in [0.3, 0.4) is 0 Å². The van der Waals surface area contributed by atoms with Gasteiger partial charge in [0.05, 0.1) is 17.2 Å². The smallest absolute Gasteiger partial charge is 0.260 e. The number of carbonyl (C=O) groups is 2. The fourth-order valence-electron chi connectivity index (χ4n) is 3.32. The van der Waals surface area contributed by atoms with E-state index in [0.29, 0.717) is 36.1 Å². The molecular weight excluding hydrogens is 356 g/mol. The Balaban J connectivity index is 1.46. The molecule has 1 unspecified atom stereocenters. The summed E-state index contributed by atoms with van der Waals surface area (Å²) in [4.78, 5) is 31.1. The van der Waals surface area contributed by atoms with Gasteiger partial charge in [-0.3, -0.25) is 9.59 Å². The summed E-state index contributed by atoms with van der Waals surface area (Å²) in [6.45, 7) is 2.66. The zero-order chi connectivity index (χ0) is 19.5. The maximum atomic E-state index is 12.8. The van der Waals surface area contributed by atoms with Gasteiger partial charge >= 0.3 is 0 Å². The van der Waals surface area contributed by atoms with E-state index in [-0.39, 0.29) is 18.2 Å². The molecule has 2 aromatic carbocycles. The Morgan fingerprint density at radius 2 is 1.93 bits per heavy atom. The molecule has 0 radical (unpaired) electrons. The molecule has 1 saturated heterocycles. The summed E-state index contributed by atoms with van der Waals surface area (Å²) in [6, 6.07) is 17.0. The van der Waals surface area contributed by atoms with E-state index in [2.05, 4.69) is 15.5 Å². The van der Waals surface area contributed by atoms with Crippen molar-refractivity contribution in [3.05, 3.63) is 66.0 Å². The van der Waals surface area contributed by atoms with Crippen LogP contribution in [0.25, 0.3) is 11.5 Å². The van der Waals surface area contributed by atoms with Gasteiger partial charge in [-0.25, -0.2) is 0 Å². The van der Waals surface area contributed by atoms with E-state index in [0.717, 1.165) is 5.56 Å². The minimum absolute atomic E-state index is 0.00943. The van der Waals surface area contributed by atoms with Gasteiger partial charge in [-0.05, 0) is 24.6 Å². The van der Waals surface area contributed by atoms with E-state index in [4.69, 9.17) is 4.52 Å². The molecular formula is C21H20N4O3. The predicted octanol–water partition coefficient (Wildman–Crippen LogP) is 3.03. The molecule has 0 saturated carbocycles. The number of hydrogen-bond donors (Lipinski definition) is 1. The lowest BCUT2D eigenvalue weighted by atomic mass is 10.1. The summed E-state index contributed by atoms with van der Waals surface area (Å²) in [5.74, 6) is 0.279. The monoisotopic (exact) mass is 376 g/mol. The number of anilines is 1. The van der Waals surface area contributed by atoms with Crippen molar-refractivity contribution in [2.45, 2.75) is 19.9 Å². The van der Waals surface area contributed by atoms with Gasteiger partial charge in [-0.15, -0.1) is 0 Å². The van der Waals surface area contributed by atoms with Crippen LogP contribution in [0.2, 0.25) is 0 Å². The Labute approximate surface area is 162 Å². The second-order valence-corrected chi connectivity index (χ2v) is 6.84. The molecule has 0 spiro atoms. The Morgan fingerprint density at radius 1 is 1.18 bits per heavy atom. The number of rotatable bonds is 5. The quantitative estimate of drug-likeness (QED) is 0.739. The van der Waals surface area contributed by atoms with Crippen molar-refractivity contribution in [3.63, 3.8) is 0 Å². The number of carbonyl (C=O) groups excluding carboxylic acids is 2. The van der Waals surface area contributed by atoms with Crippen LogP contribution in [0.15, 0.2) is 59.1 Å². The second-order valence-electron chi connectivity index (χ2n) is 6.84. The Morgan fingerprint density at radius 3 is 2.68 bits per heavy atom. The third-order valence-electron chi connectivity index (χ3n) is 4.74. The summed E-state index contributed by atoms with van der Waals surface area (Å²) in [6.07, 6.45) is 0.209. The molecule has 1 aliphatic rings. The minimum atomic E-state index is -0.395. The molecule has 0 aliphatic carbocycles. The number of hydrogen-bond acceptors (Lipinski definition) is 5. The molecule has 1 fully saturated rings. The molecule has 1 aromatic heterocycles. The highest BCUT2D eigenvalue weighted by atomic mass is 16.5. The van der Waals surface area contributed by atoms with Crippen molar-refractivity contribution in [1.29, 1.82) is 0 Å². The summed E-state index contributed by atoms with van der Waals surface area (Å²) >= 11 is 0. The second kappa shape index (κ2) is 7.64. The molecule has 2 heterocycles. The van der Waals surface area contributed by atoms with E-state index in [1.807, 2.05) is 48.5 Å². The van der Waals surface area contributed by atoms with Gasteiger partial charge in [-0.2, -0.15) is 4.98 Å². The lowest BCUT2D eigenvalue weighted by molar-refractivity contribution is -0.128. The van der Waals surface area contributed by atoms with Gasteiger partial charge in [0, 0.05) is 19.5 Å².